The highest BCUT2D eigenvalue weighted by Gasteiger charge is 2.31. The van der Waals surface area contributed by atoms with Crippen LogP contribution in [0.3, 0.4) is 0 Å². The number of esters is 1. The summed E-state index contributed by atoms with van der Waals surface area (Å²) in [5.41, 5.74) is 10.4. The van der Waals surface area contributed by atoms with E-state index in [2.05, 4.69) is 12.6 Å². The van der Waals surface area contributed by atoms with Crippen molar-refractivity contribution in [3.05, 3.63) is 113 Å². The van der Waals surface area contributed by atoms with Crippen LogP contribution in [0.5, 0.6) is 17.2 Å². The van der Waals surface area contributed by atoms with Gasteiger partial charge in [-0.15, -0.1) is 0 Å². The Bertz CT molecular complexity index is 1610. The lowest BCUT2D eigenvalue weighted by Gasteiger charge is -2.26. The van der Waals surface area contributed by atoms with E-state index in [9.17, 15) is 10.1 Å². The predicted molar refractivity (Wildman–Crippen MR) is 139 cm³/mol. The summed E-state index contributed by atoms with van der Waals surface area (Å²) >= 11 is 0. The number of allylic oxidation sites excluding steroid dienone is 1. The van der Waals surface area contributed by atoms with Gasteiger partial charge in [0.05, 0.1) is 5.92 Å². The zero-order chi connectivity index (χ0) is 26.1. The van der Waals surface area contributed by atoms with Crippen LogP contribution in [0.2, 0.25) is 0 Å². The van der Waals surface area contributed by atoms with Crippen molar-refractivity contribution in [1.82, 2.24) is 0 Å². The molecule has 0 saturated heterocycles. The highest BCUT2D eigenvalue weighted by atomic mass is 16.5. The number of fused-ring (bicyclic) bond motifs is 2. The molecule has 1 aromatic heterocycles. The molecule has 7 nitrogen and oxygen atoms in total. The van der Waals surface area contributed by atoms with Gasteiger partial charge in [-0.25, -0.2) is 4.79 Å². The quantitative estimate of drug-likeness (QED) is 0.198. The molecule has 1 aliphatic heterocycles. The van der Waals surface area contributed by atoms with Crippen molar-refractivity contribution in [2.24, 2.45) is 5.73 Å². The zero-order valence-corrected chi connectivity index (χ0v) is 20.4. The highest BCUT2D eigenvalue weighted by molar-refractivity contribution is 5.97. The Morgan fingerprint density at radius 3 is 2.59 bits per heavy atom. The second-order valence-electron chi connectivity index (χ2n) is 8.74. The minimum Gasteiger partial charge on any atom is -0.490 e. The van der Waals surface area contributed by atoms with Crippen LogP contribution in [0.25, 0.3) is 11.0 Å². The number of carbonyl (C=O) groups is 1. The number of hydrogen-bond donors (Lipinski definition) is 1. The average molecular weight is 493 g/mol. The third-order valence-corrected chi connectivity index (χ3v) is 6.26. The van der Waals surface area contributed by atoms with E-state index >= 15 is 0 Å². The first-order valence-corrected chi connectivity index (χ1v) is 11.7. The number of nitriles is 1. The van der Waals surface area contributed by atoms with Crippen molar-refractivity contribution >= 4 is 16.9 Å². The van der Waals surface area contributed by atoms with Gasteiger partial charge in [-0.3, -0.25) is 0 Å². The molecule has 37 heavy (non-hydrogen) atoms. The SMILES string of the molecule is C=CCOc1ccc(C2C(C#N)=C(N)Oc3cc(OC(=O)c4oc5ccc(C)cc5c4C)ccc32)cc1. The van der Waals surface area contributed by atoms with Crippen LogP contribution in [0, 0.1) is 25.2 Å². The Morgan fingerprint density at radius 1 is 1.11 bits per heavy atom. The summed E-state index contributed by atoms with van der Waals surface area (Å²) < 4.78 is 22.7. The van der Waals surface area contributed by atoms with E-state index in [0.29, 0.717) is 34.8 Å². The van der Waals surface area contributed by atoms with Crippen LogP contribution in [0.4, 0.5) is 0 Å². The third-order valence-electron chi connectivity index (χ3n) is 6.26. The Hall–Kier alpha value is -4.96. The fourth-order valence-corrected chi connectivity index (χ4v) is 4.44. The fourth-order valence-electron chi connectivity index (χ4n) is 4.44. The minimum absolute atomic E-state index is 0.000964. The molecule has 0 spiro atoms. The summed E-state index contributed by atoms with van der Waals surface area (Å²) in [5, 5.41) is 10.7. The summed E-state index contributed by atoms with van der Waals surface area (Å²) in [6.07, 6.45) is 1.67. The maximum atomic E-state index is 13.0. The van der Waals surface area contributed by atoms with Crippen LogP contribution in [0.15, 0.2) is 89.2 Å². The Labute approximate surface area is 214 Å². The summed E-state index contributed by atoms with van der Waals surface area (Å²) in [6, 6.07) is 20.3. The maximum absolute atomic E-state index is 13.0. The van der Waals surface area contributed by atoms with Crippen LogP contribution in [-0.4, -0.2) is 12.6 Å². The second-order valence-corrected chi connectivity index (χ2v) is 8.74. The van der Waals surface area contributed by atoms with E-state index in [0.717, 1.165) is 22.1 Å². The number of ether oxygens (including phenoxy) is 3. The lowest BCUT2D eigenvalue weighted by atomic mass is 9.83. The number of benzene rings is 3. The lowest BCUT2D eigenvalue weighted by Crippen LogP contribution is -2.21. The van der Waals surface area contributed by atoms with E-state index in [-0.39, 0.29) is 17.4 Å². The van der Waals surface area contributed by atoms with E-state index in [4.69, 9.17) is 24.4 Å². The number of carbonyl (C=O) groups excluding carboxylic acids is 1. The molecule has 1 aliphatic rings. The van der Waals surface area contributed by atoms with Gasteiger partial charge in [-0.2, -0.15) is 5.26 Å². The monoisotopic (exact) mass is 492 g/mol. The van der Waals surface area contributed by atoms with Crippen molar-refractivity contribution < 1.29 is 23.4 Å². The number of aryl methyl sites for hydroxylation is 2. The van der Waals surface area contributed by atoms with Gasteiger partial charge in [0.25, 0.3) is 0 Å². The average Bonchev–Trinajstić information content (AvgIpc) is 3.22. The topological polar surface area (TPSA) is 108 Å². The lowest BCUT2D eigenvalue weighted by molar-refractivity contribution is 0.0702. The number of furan rings is 1. The Morgan fingerprint density at radius 2 is 1.86 bits per heavy atom. The molecule has 0 bridgehead atoms. The molecule has 0 radical (unpaired) electrons. The first-order chi connectivity index (χ1) is 17.9. The van der Waals surface area contributed by atoms with Gasteiger partial charge in [-0.1, -0.05) is 42.5 Å². The Kier molecular flexibility index (Phi) is 6.16. The van der Waals surface area contributed by atoms with Gasteiger partial charge in [0.1, 0.15) is 41.1 Å². The molecule has 2 heterocycles. The van der Waals surface area contributed by atoms with Crippen molar-refractivity contribution in [1.29, 1.82) is 5.26 Å². The minimum atomic E-state index is -0.616. The molecule has 184 valence electrons. The van der Waals surface area contributed by atoms with Crippen molar-refractivity contribution in [2.45, 2.75) is 19.8 Å². The molecule has 4 aromatic rings. The molecule has 7 heteroatoms. The molecule has 0 saturated carbocycles. The van der Waals surface area contributed by atoms with E-state index in [1.54, 1.807) is 24.3 Å². The first-order valence-electron chi connectivity index (χ1n) is 11.7. The summed E-state index contributed by atoms with van der Waals surface area (Å²) in [6.45, 7) is 7.85. The van der Waals surface area contributed by atoms with Gasteiger partial charge < -0.3 is 24.4 Å². The molecule has 0 amide bonds. The smallest absolute Gasteiger partial charge is 0.379 e. The Balaban J connectivity index is 1.45. The number of hydrogen-bond acceptors (Lipinski definition) is 7. The predicted octanol–water partition coefficient (Wildman–Crippen LogP) is 6.05. The zero-order valence-electron chi connectivity index (χ0n) is 20.4. The standard InChI is InChI=1S/C30H24N2O5/c1-4-13-34-20-8-6-19(7-9-20)27-22-11-10-21(15-26(22)37-29(32)24(27)16-31)35-30(33)28-18(3)23-14-17(2)5-12-25(23)36-28/h4-12,14-15,27H,1,13,32H2,2-3H3. The largest absolute Gasteiger partial charge is 0.490 e. The number of rotatable bonds is 6. The van der Waals surface area contributed by atoms with Gasteiger partial charge in [-0.05, 0) is 49.7 Å². The molecule has 1 unspecified atom stereocenters. The second kappa shape index (κ2) is 9.59. The van der Waals surface area contributed by atoms with Crippen LogP contribution < -0.4 is 19.9 Å². The highest BCUT2D eigenvalue weighted by Crippen LogP contribution is 2.43. The molecule has 5 rings (SSSR count). The summed E-state index contributed by atoms with van der Waals surface area (Å²) in [5.74, 6) is 0.421. The van der Waals surface area contributed by atoms with Crippen molar-refractivity contribution in [2.75, 3.05) is 6.61 Å². The molecular weight excluding hydrogens is 468 g/mol. The third kappa shape index (κ3) is 4.41. The van der Waals surface area contributed by atoms with E-state index in [1.165, 1.54) is 0 Å². The molecule has 1 atom stereocenters. The normalized spacial score (nSPS) is 14.5. The molecule has 3 aromatic carbocycles. The molecule has 0 aliphatic carbocycles. The molecule has 0 fully saturated rings. The maximum Gasteiger partial charge on any atom is 0.379 e. The summed E-state index contributed by atoms with van der Waals surface area (Å²) in [7, 11) is 0. The fraction of sp³-hybridized carbons (Fsp3) is 0.133. The van der Waals surface area contributed by atoms with Gasteiger partial charge >= 0.3 is 5.97 Å². The van der Waals surface area contributed by atoms with Crippen molar-refractivity contribution in [3.63, 3.8) is 0 Å². The van der Waals surface area contributed by atoms with Gasteiger partial charge in [0.2, 0.25) is 11.6 Å². The number of nitrogens with two attached hydrogens (primary N) is 1. The van der Waals surface area contributed by atoms with Crippen LogP contribution in [0.1, 0.15) is 38.7 Å². The molecule has 2 N–H and O–H groups in total. The number of nitrogens with zero attached hydrogens (tertiary/aromatic N) is 1. The first kappa shape index (κ1) is 23.8. The van der Waals surface area contributed by atoms with E-state index < -0.39 is 11.9 Å². The van der Waals surface area contributed by atoms with Gasteiger partial charge in [0.15, 0.2) is 0 Å². The molecular formula is C30H24N2O5. The van der Waals surface area contributed by atoms with Crippen molar-refractivity contribution in [3.8, 4) is 23.3 Å². The summed E-state index contributed by atoms with van der Waals surface area (Å²) in [4.78, 5) is 13.0. The van der Waals surface area contributed by atoms with Gasteiger partial charge in [0, 0.05) is 22.6 Å². The van der Waals surface area contributed by atoms with E-state index in [1.807, 2.05) is 56.3 Å². The van der Waals surface area contributed by atoms with Crippen LogP contribution >= 0.6 is 0 Å². The van der Waals surface area contributed by atoms with Crippen LogP contribution in [-0.2, 0) is 0 Å².